The Labute approximate surface area is 167 Å². The van der Waals surface area contributed by atoms with Gasteiger partial charge >= 0.3 is 0 Å². The van der Waals surface area contributed by atoms with Crippen molar-refractivity contribution in [1.82, 2.24) is 4.90 Å². The molecule has 1 saturated heterocycles. The highest BCUT2D eigenvalue weighted by Crippen LogP contribution is 2.37. The molecule has 1 fully saturated rings. The quantitative estimate of drug-likeness (QED) is 0.613. The van der Waals surface area contributed by atoms with Crippen molar-refractivity contribution in [2.75, 3.05) is 5.32 Å². The van der Waals surface area contributed by atoms with E-state index in [9.17, 15) is 14.4 Å². The fourth-order valence-corrected chi connectivity index (χ4v) is 4.25. The summed E-state index contributed by atoms with van der Waals surface area (Å²) in [7, 11) is 0. The molecule has 0 radical (unpaired) electrons. The van der Waals surface area contributed by atoms with Gasteiger partial charge in [0.25, 0.3) is 0 Å². The van der Waals surface area contributed by atoms with Crippen molar-refractivity contribution in [2.24, 2.45) is 11.8 Å². The molecule has 3 amide bonds. The average molecular weight is 383 g/mol. The first-order chi connectivity index (χ1) is 13.2. The van der Waals surface area contributed by atoms with Crippen LogP contribution in [0.1, 0.15) is 70.4 Å². The normalized spacial score (nSPS) is 22.8. The van der Waals surface area contributed by atoms with E-state index in [2.05, 4.69) is 33.0 Å². The third kappa shape index (κ3) is 3.50. The van der Waals surface area contributed by atoms with Crippen molar-refractivity contribution < 1.29 is 14.4 Å². The largest absolute Gasteiger partial charge is 0.324 e. The second kappa shape index (κ2) is 7.90. The average Bonchev–Trinajstić information content (AvgIpc) is 2.92. The molecule has 1 N–H and O–H groups in total. The fourth-order valence-electron chi connectivity index (χ4n) is 4.25. The minimum Gasteiger partial charge on any atom is -0.324 e. The molecular weight excluding hydrogens is 352 g/mol. The van der Waals surface area contributed by atoms with E-state index in [1.165, 1.54) is 4.90 Å². The van der Waals surface area contributed by atoms with E-state index < -0.39 is 6.04 Å². The van der Waals surface area contributed by atoms with Gasteiger partial charge in [-0.15, -0.1) is 0 Å². The van der Waals surface area contributed by atoms with Crippen molar-refractivity contribution in [3.63, 3.8) is 0 Å². The van der Waals surface area contributed by atoms with Gasteiger partial charge in [-0.3, -0.25) is 19.3 Å². The number of nitrogens with one attached hydrogen (secondary N) is 1. The number of para-hydroxylation sites is 1. The Balaban J connectivity index is 1.86. The molecule has 3 atom stereocenters. The molecule has 150 valence electrons. The first-order valence-corrected chi connectivity index (χ1v) is 10.2. The van der Waals surface area contributed by atoms with Crippen LogP contribution >= 0.6 is 0 Å². The van der Waals surface area contributed by atoms with Gasteiger partial charge in [0.2, 0.25) is 17.7 Å². The Morgan fingerprint density at radius 3 is 1.82 bits per heavy atom. The molecule has 0 spiro atoms. The van der Waals surface area contributed by atoms with Gasteiger partial charge in [0, 0.05) is 5.69 Å². The molecule has 2 aliphatic rings. The van der Waals surface area contributed by atoms with E-state index in [1.54, 1.807) is 6.92 Å². The molecule has 1 aliphatic carbocycles. The molecule has 3 rings (SSSR count). The van der Waals surface area contributed by atoms with Crippen LogP contribution < -0.4 is 5.32 Å². The van der Waals surface area contributed by atoms with Crippen LogP contribution in [0.2, 0.25) is 0 Å². The zero-order valence-corrected chi connectivity index (χ0v) is 17.4. The number of allylic oxidation sites excluding steroid dienone is 2. The number of imide groups is 1. The summed E-state index contributed by atoms with van der Waals surface area (Å²) < 4.78 is 0. The summed E-state index contributed by atoms with van der Waals surface area (Å²) in [5, 5.41) is 3.04. The van der Waals surface area contributed by atoms with Crippen LogP contribution in [0.4, 0.5) is 5.69 Å². The summed E-state index contributed by atoms with van der Waals surface area (Å²) in [6, 6.07) is 5.22. The molecule has 0 aromatic heterocycles. The number of likely N-dealkylation sites (tertiary alicyclic amines) is 1. The lowest BCUT2D eigenvalue weighted by molar-refractivity contribution is -0.146. The van der Waals surface area contributed by atoms with Crippen molar-refractivity contribution in [3.05, 3.63) is 41.5 Å². The summed E-state index contributed by atoms with van der Waals surface area (Å²) in [5.74, 6) is -0.903. The Bertz CT molecular complexity index is 773. The Morgan fingerprint density at radius 2 is 1.39 bits per heavy atom. The smallest absolute Gasteiger partial charge is 0.247 e. The van der Waals surface area contributed by atoms with E-state index >= 15 is 0 Å². The maximum Gasteiger partial charge on any atom is 0.247 e. The number of nitrogens with zero attached hydrogens (tertiary/aromatic N) is 1. The molecule has 0 unspecified atom stereocenters. The SMILES string of the molecule is CC(C)c1cccc(C(C)C)c1NC(=O)[C@H](C)N1C(=O)[C@@H]2CC=CC[C@H]2C1=O. The Kier molecular flexibility index (Phi) is 5.73. The number of hydrogen-bond acceptors (Lipinski definition) is 3. The van der Waals surface area contributed by atoms with Gasteiger partial charge in [-0.2, -0.15) is 0 Å². The lowest BCUT2D eigenvalue weighted by Gasteiger charge is -2.25. The van der Waals surface area contributed by atoms with Crippen molar-refractivity contribution in [3.8, 4) is 0 Å². The lowest BCUT2D eigenvalue weighted by atomic mass is 9.85. The molecule has 1 heterocycles. The van der Waals surface area contributed by atoms with E-state index in [0.29, 0.717) is 12.8 Å². The van der Waals surface area contributed by atoms with Gasteiger partial charge in [0.15, 0.2) is 0 Å². The van der Waals surface area contributed by atoms with Crippen LogP contribution in [0.3, 0.4) is 0 Å². The summed E-state index contributed by atoms with van der Waals surface area (Å²) >= 11 is 0. The highest BCUT2D eigenvalue weighted by Gasteiger charge is 2.50. The first-order valence-electron chi connectivity index (χ1n) is 10.2. The van der Waals surface area contributed by atoms with E-state index in [4.69, 9.17) is 0 Å². The van der Waals surface area contributed by atoms with Crippen LogP contribution in [-0.2, 0) is 14.4 Å². The lowest BCUT2D eigenvalue weighted by Crippen LogP contribution is -2.46. The van der Waals surface area contributed by atoms with Crippen LogP contribution in [0.25, 0.3) is 0 Å². The number of carbonyl (C=O) groups is 3. The van der Waals surface area contributed by atoms with Crippen LogP contribution in [0.5, 0.6) is 0 Å². The van der Waals surface area contributed by atoms with Gasteiger partial charge in [-0.25, -0.2) is 0 Å². The minimum absolute atomic E-state index is 0.219. The van der Waals surface area contributed by atoms with Crippen LogP contribution in [0, 0.1) is 11.8 Å². The van der Waals surface area contributed by atoms with E-state index in [1.807, 2.05) is 30.4 Å². The predicted octanol–water partition coefficient (Wildman–Crippen LogP) is 4.21. The van der Waals surface area contributed by atoms with Gasteiger partial charge < -0.3 is 5.32 Å². The molecule has 1 aromatic rings. The molecule has 0 saturated carbocycles. The number of benzene rings is 1. The predicted molar refractivity (Wildman–Crippen MR) is 110 cm³/mol. The Hall–Kier alpha value is -2.43. The number of anilines is 1. The zero-order valence-electron chi connectivity index (χ0n) is 17.4. The highest BCUT2D eigenvalue weighted by atomic mass is 16.2. The van der Waals surface area contributed by atoms with Gasteiger partial charge in [-0.05, 0) is 42.7 Å². The van der Waals surface area contributed by atoms with Crippen molar-refractivity contribution >= 4 is 23.4 Å². The van der Waals surface area contributed by atoms with Gasteiger partial charge in [-0.1, -0.05) is 58.0 Å². The number of fused-ring (bicyclic) bond motifs is 1. The maximum atomic E-state index is 13.1. The second-order valence-corrected chi connectivity index (χ2v) is 8.49. The van der Waals surface area contributed by atoms with Crippen LogP contribution in [-0.4, -0.2) is 28.7 Å². The van der Waals surface area contributed by atoms with Crippen molar-refractivity contribution in [1.29, 1.82) is 0 Å². The molecular formula is C23H30N2O3. The minimum atomic E-state index is -0.828. The molecule has 1 aliphatic heterocycles. The van der Waals surface area contributed by atoms with Gasteiger partial charge in [0.05, 0.1) is 11.8 Å². The summed E-state index contributed by atoms with van der Waals surface area (Å²) in [6.45, 7) is 9.99. The second-order valence-electron chi connectivity index (χ2n) is 8.49. The third-order valence-electron chi connectivity index (χ3n) is 5.93. The summed E-state index contributed by atoms with van der Waals surface area (Å²) in [5.41, 5.74) is 2.93. The molecule has 28 heavy (non-hydrogen) atoms. The number of carbonyl (C=O) groups excluding carboxylic acids is 3. The van der Waals surface area contributed by atoms with Crippen molar-refractivity contribution in [2.45, 2.75) is 65.3 Å². The number of amides is 3. The zero-order chi connectivity index (χ0) is 20.6. The monoisotopic (exact) mass is 382 g/mol. The first kappa shape index (κ1) is 20.3. The number of rotatable bonds is 5. The summed E-state index contributed by atoms with van der Waals surface area (Å²) in [6.07, 6.45) is 5.06. The maximum absolute atomic E-state index is 13.1. The topological polar surface area (TPSA) is 66.5 Å². The van der Waals surface area contributed by atoms with E-state index in [0.717, 1.165) is 16.8 Å². The number of hydrogen-bond donors (Lipinski definition) is 1. The third-order valence-corrected chi connectivity index (χ3v) is 5.93. The van der Waals surface area contributed by atoms with E-state index in [-0.39, 0.29) is 41.4 Å². The highest BCUT2D eigenvalue weighted by molar-refractivity contribution is 6.10. The van der Waals surface area contributed by atoms with Crippen LogP contribution in [0.15, 0.2) is 30.4 Å². The molecule has 0 bridgehead atoms. The molecule has 5 heteroatoms. The summed E-state index contributed by atoms with van der Waals surface area (Å²) in [4.78, 5) is 39.8. The molecule has 5 nitrogen and oxygen atoms in total. The standard InChI is InChI=1S/C23H30N2O3/c1-13(2)16-11-8-12-17(14(3)4)20(16)24-21(26)15(5)25-22(27)18-9-6-7-10-19(18)23(25)28/h6-8,11-15,18-19H,9-10H2,1-5H3,(H,24,26)/t15-,18+,19+/m0/s1. The Morgan fingerprint density at radius 1 is 0.929 bits per heavy atom. The fraction of sp³-hybridized carbons (Fsp3) is 0.522. The molecule has 1 aromatic carbocycles. The van der Waals surface area contributed by atoms with Gasteiger partial charge in [0.1, 0.15) is 6.04 Å².